The van der Waals surface area contributed by atoms with Crippen molar-refractivity contribution in [2.45, 2.75) is 5.60 Å². The number of anilines is 1. The standard InChI is InChI=1S/C23H19N3O5S/c24-7-8-25-22(32)26-12-1-4-15-18(9-12)23(31-21(15)29)16-5-2-13(27)10-19(16)30-20-11-14(28)3-6-17(20)23/h1-6,9-11,27-28H,7-8,24H2,(H2,25,26,32). The molecule has 0 aromatic heterocycles. The number of nitrogens with one attached hydrogen (secondary N) is 2. The molecule has 9 heteroatoms. The average Bonchev–Trinajstić information content (AvgIpc) is 3.04. The van der Waals surface area contributed by atoms with E-state index in [4.69, 9.17) is 27.4 Å². The number of aromatic hydroxyl groups is 2. The molecule has 0 aliphatic carbocycles. The second-order valence-corrected chi connectivity index (χ2v) is 7.87. The zero-order chi connectivity index (χ0) is 22.5. The van der Waals surface area contributed by atoms with Crippen LogP contribution in [0.2, 0.25) is 0 Å². The summed E-state index contributed by atoms with van der Waals surface area (Å²) in [5.74, 6) is 0.150. The lowest BCUT2D eigenvalue weighted by atomic mass is 9.77. The zero-order valence-corrected chi connectivity index (χ0v) is 17.5. The number of hydrogen-bond donors (Lipinski definition) is 5. The number of fused-ring (bicyclic) bond motifs is 6. The summed E-state index contributed by atoms with van der Waals surface area (Å²) in [6.45, 7) is 0.956. The minimum Gasteiger partial charge on any atom is -0.508 e. The SMILES string of the molecule is NCCNC(=S)Nc1ccc2c(c1)C1(OC2=O)c2ccc(O)cc2Oc2cc(O)ccc21. The molecule has 3 aromatic rings. The second kappa shape index (κ2) is 7.40. The molecule has 162 valence electrons. The van der Waals surface area contributed by atoms with Gasteiger partial charge in [0.1, 0.15) is 23.0 Å². The molecule has 0 fully saturated rings. The monoisotopic (exact) mass is 449 g/mol. The summed E-state index contributed by atoms with van der Waals surface area (Å²) in [5, 5.41) is 26.5. The number of carbonyl (C=O) groups excluding carboxylic acids is 1. The Labute approximate surface area is 188 Å². The maximum absolute atomic E-state index is 12.9. The van der Waals surface area contributed by atoms with E-state index in [1.807, 2.05) is 0 Å². The number of thiocarbonyl (C=S) groups is 1. The first-order valence-electron chi connectivity index (χ1n) is 9.90. The fraction of sp³-hybridized carbons (Fsp3) is 0.130. The topological polar surface area (TPSA) is 126 Å². The number of esters is 1. The molecule has 5 rings (SSSR count). The molecule has 0 bridgehead atoms. The third kappa shape index (κ3) is 3.02. The van der Waals surface area contributed by atoms with Crippen molar-refractivity contribution in [3.8, 4) is 23.0 Å². The van der Waals surface area contributed by atoms with Gasteiger partial charge in [0.2, 0.25) is 0 Å². The van der Waals surface area contributed by atoms with Crippen LogP contribution in [0.25, 0.3) is 0 Å². The third-order valence-electron chi connectivity index (χ3n) is 5.46. The van der Waals surface area contributed by atoms with Gasteiger partial charge in [0.05, 0.1) is 5.56 Å². The van der Waals surface area contributed by atoms with Crippen LogP contribution in [0.3, 0.4) is 0 Å². The van der Waals surface area contributed by atoms with Crippen LogP contribution in [0.5, 0.6) is 23.0 Å². The Balaban J connectivity index is 1.71. The summed E-state index contributed by atoms with van der Waals surface area (Å²) in [6.07, 6.45) is 0. The Morgan fingerprint density at radius 1 is 0.969 bits per heavy atom. The van der Waals surface area contributed by atoms with E-state index in [2.05, 4.69) is 10.6 Å². The summed E-state index contributed by atoms with van der Waals surface area (Å²) >= 11 is 5.30. The molecule has 1 spiro atoms. The summed E-state index contributed by atoms with van der Waals surface area (Å²) in [6, 6.07) is 14.5. The summed E-state index contributed by atoms with van der Waals surface area (Å²) < 4.78 is 12.0. The molecule has 2 heterocycles. The van der Waals surface area contributed by atoms with Gasteiger partial charge in [-0.2, -0.15) is 0 Å². The molecule has 0 unspecified atom stereocenters. The van der Waals surface area contributed by atoms with Gasteiger partial charge in [-0.3, -0.25) is 0 Å². The molecule has 2 aliphatic rings. The van der Waals surface area contributed by atoms with Crippen LogP contribution < -0.4 is 21.1 Å². The molecule has 0 radical (unpaired) electrons. The molecular weight excluding hydrogens is 430 g/mol. The largest absolute Gasteiger partial charge is 0.508 e. The number of hydrogen-bond acceptors (Lipinski definition) is 7. The van der Waals surface area contributed by atoms with Gasteiger partial charge < -0.3 is 36.1 Å². The van der Waals surface area contributed by atoms with E-state index in [1.165, 1.54) is 24.3 Å². The van der Waals surface area contributed by atoms with E-state index >= 15 is 0 Å². The highest BCUT2D eigenvalue weighted by molar-refractivity contribution is 7.80. The molecule has 32 heavy (non-hydrogen) atoms. The first-order valence-corrected chi connectivity index (χ1v) is 10.3. The molecule has 0 saturated heterocycles. The number of phenols is 2. The predicted molar refractivity (Wildman–Crippen MR) is 121 cm³/mol. The highest BCUT2D eigenvalue weighted by Crippen LogP contribution is 2.57. The van der Waals surface area contributed by atoms with Crippen LogP contribution in [-0.2, 0) is 10.3 Å². The maximum atomic E-state index is 12.9. The number of carbonyl (C=O) groups is 1. The van der Waals surface area contributed by atoms with Crippen molar-refractivity contribution in [3.05, 3.63) is 76.9 Å². The molecule has 8 nitrogen and oxygen atoms in total. The van der Waals surface area contributed by atoms with Gasteiger partial charge in [0, 0.05) is 47.6 Å². The molecule has 2 aliphatic heterocycles. The van der Waals surface area contributed by atoms with Crippen molar-refractivity contribution in [3.63, 3.8) is 0 Å². The first kappa shape index (κ1) is 20.1. The number of phenolic OH excluding ortho intramolecular Hbond substituents is 2. The van der Waals surface area contributed by atoms with Gasteiger partial charge in [-0.1, -0.05) is 0 Å². The van der Waals surface area contributed by atoms with Crippen molar-refractivity contribution >= 4 is 29.0 Å². The van der Waals surface area contributed by atoms with E-state index in [-0.39, 0.29) is 11.5 Å². The fourth-order valence-corrected chi connectivity index (χ4v) is 4.36. The lowest BCUT2D eigenvalue weighted by Crippen LogP contribution is -2.34. The van der Waals surface area contributed by atoms with E-state index in [9.17, 15) is 15.0 Å². The summed E-state index contributed by atoms with van der Waals surface area (Å²) in [4.78, 5) is 12.9. The number of benzene rings is 3. The summed E-state index contributed by atoms with van der Waals surface area (Å²) in [5.41, 5.74) is 6.96. The quantitative estimate of drug-likeness (QED) is 0.303. The molecule has 0 amide bonds. The smallest absolute Gasteiger partial charge is 0.340 e. The lowest BCUT2D eigenvalue weighted by molar-refractivity contribution is 0.0224. The average molecular weight is 449 g/mol. The number of nitrogens with two attached hydrogens (primary N) is 1. The molecule has 3 aromatic carbocycles. The van der Waals surface area contributed by atoms with Gasteiger partial charge in [0.25, 0.3) is 0 Å². The predicted octanol–water partition coefficient (Wildman–Crippen LogP) is 2.91. The normalized spacial score (nSPS) is 14.6. The van der Waals surface area contributed by atoms with E-state index in [1.54, 1.807) is 30.3 Å². The van der Waals surface area contributed by atoms with Gasteiger partial charge in [-0.05, 0) is 54.7 Å². The van der Waals surface area contributed by atoms with E-state index < -0.39 is 11.6 Å². The Hall–Kier alpha value is -3.82. The number of rotatable bonds is 3. The Morgan fingerprint density at radius 2 is 1.62 bits per heavy atom. The van der Waals surface area contributed by atoms with Crippen molar-refractivity contribution in [1.82, 2.24) is 5.32 Å². The van der Waals surface area contributed by atoms with E-state index in [0.29, 0.717) is 57.6 Å². The van der Waals surface area contributed by atoms with Gasteiger partial charge in [-0.15, -0.1) is 0 Å². The Kier molecular flexibility index (Phi) is 4.65. The Morgan fingerprint density at radius 3 is 2.25 bits per heavy atom. The van der Waals surface area contributed by atoms with Crippen LogP contribution in [0, 0.1) is 0 Å². The molecule has 0 atom stereocenters. The van der Waals surface area contributed by atoms with Crippen LogP contribution in [0.4, 0.5) is 5.69 Å². The minimum atomic E-state index is -1.32. The van der Waals surface area contributed by atoms with Crippen LogP contribution in [0.1, 0.15) is 27.0 Å². The molecule has 0 saturated carbocycles. The van der Waals surface area contributed by atoms with Crippen LogP contribution in [-0.4, -0.2) is 34.4 Å². The minimum absolute atomic E-state index is 0.00112. The third-order valence-corrected chi connectivity index (χ3v) is 5.71. The summed E-state index contributed by atoms with van der Waals surface area (Å²) in [7, 11) is 0. The second-order valence-electron chi connectivity index (χ2n) is 7.46. The van der Waals surface area contributed by atoms with Gasteiger partial charge in [0.15, 0.2) is 10.7 Å². The van der Waals surface area contributed by atoms with Gasteiger partial charge in [-0.25, -0.2) is 4.79 Å². The zero-order valence-electron chi connectivity index (χ0n) is 16.7. The van der Waals surface area contributed by atoms with Crippen molar-refractivity contribution in [1.29, 1.82) is 0 Å². The van der Waals surface area contributed by atoms with Crippen LogP contribution in [0.15, 0.2) is 54.6 Å². The maximum Gasteiger partial charge on any atom is 0.340 e. The van der Waals surface area contributed by atoms with Crippen molar-refractivity contribution in [2.24, 2.45) is 5.73 Å². The Bertz CT molecular complexity index is 1220. The highest BCUT2D eigenvalue weighted by atomic mass is 32.1. The fourth-order valence-electron chi connectivity index (χ4n) is 4.14. The lowest BCUT2D eigenvalue weighted by Gasteiger charge is -2.36. The highest BCUT2D eigenvalue weighted by Gasteiger charge is 2.53. The number of ether oxygens (including phenoxy) is 2. The molecule has 6 N–H and O–H groups in total. The van der Waals surface area contributed by atoms with Crippen molar-refractivity contribution in [2.75, 3.05) is 18.4 Å². The van der Waals surface area contributed by atoms with Crippen LogP contribution >= 0.6 is 12.2 Å². The first-order chi connectivity index (χ1) is 15.4. The molecular formula is C23H19N3O5S. The van der Waals surface area contributed by atoms with Gasteiger partial charge >= 0.3 is 5.97 Å². The van der Waals surface area contributed by atoms with Crippen molar-refractivity contribution < 1.29 is 24.5 Å². The van der Waals surface area contributed by atoms with E-state index in [0.717, 1.165) is 0 Å².